The molecule has 42 heavy (non-hydrogen) atoms. The molecule has 2 aliphatic heterocycles. The lowest BCUT2D eigenvalue weighted by Crippen LogP contribution is -2.39. The maximum absolute atomic E-state index is 13.1. The minimum atomic E-state index is -5.08. The number of alkyl halides is 3. The standard InChI is InChI=1S/C27H26N4O3S.C2HF3O2/c28-26(32)20-8-11-22-23(16-20)30-27(33)24(22)25(19-4-2-1-3-5-19)29-21-9-6-18(7-10-21)17-31-12-14-35(34)15-13-31;3-2(4,5)1(6)7/h1-11,16,29H,12-15,17H2,(H2,28,32)(H,30,33);(H,6,7). The van der Waals surface area contributed by atoms with Crippen LogP contribution in [-0.2, 0) is 27.3 Å². The average Bonchev–Trinajstić information content (AvgIpc) is 3.28. The van der Waals surface area contributed by atoms with Crippen molar-refractivity contribution in [2.75, 3.05) is 35.2 Å². The number of benzene rings is 3. The normalized spacial score (nSPS) is 16.5. The number of rotatable bonds is 6. The van der Waals surface area contributed by atoms with Gasteiger partial charge in [-0.25, -0.2) is 4.79 Å². The van der Waals surface area contributed by atoms with Crippen molar-refractivity contribution in [3.05, 3.63) is 95.1 Å². The molecule has 3 aromatic carbocycles. The number of primary amides is 1. The Morgan fingerprint density at radius 3 is 2.19 bits per heavy atom. The minimum absolute atomic E-state index is 0.243. The van der Waals surface area contributed by atoms with Gasteiger partial charge >= 0.3 is 12.1 Å². The molecular weight excluding hydrogens is 573 g/mol. The number of anilines is 2. The molecule has 220 valence electrons. The Kier molecular flexibility index (Phi) is 9.55. The number of nitrogens with one attached hydrogen (secondary N) is 2. The summed E-state index contributed by atoms with van der Waals surface area (Å²) < 4.78 is 43.3. The Morgan fingerprint density at radius 2 is 1.62 bits per heavy atom. The predicted octanol–water partition coefficient (Wildman–Crippen LogP) is 3.92. The first-order valence-electron chi connectivity index (χ1n) is 12.7. The Morgan fingerprint density at radius 1 is 1.00 bits per heavy atom. The van der Waals surface area contributed by atoms with Crippen molar-refractivity contribution in [3.63, 3.8) is 0 Å². The van der Waals surface area contributed by atoms with Gasteiger partial charge in [0.1, 0.15) is 11.5 Å². The molecule has 0 bridgehead atoms. The van der Waals surface area contributed by atoms with Crippen molar-refractivity contribution in [2.24, 2.45) is 5.73 Å². The zero-order valence-corrected chi connectivity index (χ0v) is 22.9. The summed E-state index contributed by atoms with van der Waals surface area (Å²) in [7, 11) is 0. The first kappa shape index (κ1) is 30.6. The van der Waals surface area contributed by atoms with E-state index in [9.17, 15) is 27.3 Å². The average molecular weight is 601 g/mol. The van der Waals surface area contributed by atoms with Crippen LogP contribution in [0.5, 0.6) is 0 Å². The number of fused-ring (bicyclic) bond motifs is 1. The van der Waals surface area contributed by atoms with E-state index in [1.807, 2.05) is 42.5 Å². The van der Waals surface area contributed by atoms with Crippen molar-refractivity contribution in [2.45, 2.75) is 12.7 Å². The van der Waals surface area contributed by atoms with Crippen LogP contribution in [0.4, 0.5) is 24.5 Å². The van der Waals surface area contributed by atoms with Crippen LogP contribution in [0.15, 0.2) is 72.8 Å². The molecule has 2 heterocycles. The number of hydrogen-bond donors (Lipinski definition) is 4. The number of nitrogens with two attached hydrogens (primary N) is 1. The van der Waals surface area contributed by atoms with E-state index in [1.165, 1.54) is 5.56 Å². The number of aliphatic carboxylic acids is 1. The van der Waals surface area contributed by atoms with E-state index >= 15 is 0 Å². The van der Waals surface area contributed by atoms with Crippen LogP contribution in [0.3, 0.4) is 0 Å². The molecule has 0 radical (unpaired) electrons. The predicted molar refractivity (Wildman–Crippen MR) is 154 cm³/mol. The summed E-state index contributed by atoms with van der Waals surface area (Å²) in [5, 5.41) is 13.4. The van der Waals surface area contributed by atoms with Crippen LogP contribution >= 0.6 is 0 Å². The van der Waals surface area contributed by atoms with Crippen LogP contribution in [0.25, 0.3) is 11.3 Å². The molecule has 3 aromatic rings. The second-order valence-corrected chi connectivity index (χ2v) is 11.1. The topological polar surface area (TPSA) is 148 Å². The fraction of sp³-hybridized carbons (Fsp3) is 0.207. The first-order chi connectivity index (χ1) is 19.9. The molecule has 2 amide bonds. The van der Waals surface area contributed by atoms with Gasteiger partial charge in [0, 0.05) is 42.1 Å². The number of carboxylic acid groups (broad SMARTS) is 1. The Labute approximate surface area is 242 Å². The molecule has 5 N–H and O–H groups in total. The maximum atomic E-state index is 13.1. The zero-order valence-electron chi connectivity index (χ0n) is 22.1. The van der Waals surface area contributed by atoms with Gasteiger partial charge in [0.25, 0.3) is 5.91 Å². The van der Waals surface area contributed by atoms with Crippen LogP contribution in [0.2, 0.25) is 0 Å². The van der Waals surface area contributed by atoms with Gasteiger partial charge in [-0.3, -0.25) is 14.5 Å². The van der Waals surface area contributed by atoms with E-state index in [-0.39, 0.29) is 5.91 Å². The second kappa shape index (κ2) is 13.1. The van der Waals surface area contributed by atoms with Crippen LogP contribution < -0.4 is 16.4 Å². The van der Waals surface area contributed by atoms with Gasteiger partial charge in [0.05, 0.1) is 11.3 Å². The third kappa shape index (κ3) is 7.69. The smallest absolute Gasteiger partial charge is 0.490 e. The lowest BCUT2D eigenvalue weighted by atomic mass is 9.99. The summed E-state index contributed by atoms with van der Waals surface area (Å²) in [5.41, 5.74) is 11.1. The van der Waals surface area contributed by atoms with E-state index in [2.05, 4.69) is 27.7 Å². The maximum Gasteiger partial charge on any atom is 0.490 e. The third-order valence-electron chi connectivity index (χ3n) is 6.50. The monoisotopic (exact) mass is 600 g/mol. The van der Waals surface area contributed by atoms with E-state index in [4.69, 9.17) is 15.6 Å². The van der Waals surface area contributed by atoms with E-state index < -0.39 is 29.2 Å². The highest BCUT2D eigenvalue weighted by Gasteiger charge is 2.38. The molecule has 0 aliphatic carbocycles. The Balaban J connectivity index is 0.000000517. The molecule has 0 unspecified atom stereocenters. The van der Waals surface area contributed by atoms with Crippen molar-refractivity contribution in [1.82, 2.24) is 4.90 Å². The van der Waals surface area contributed by atoms with Crippen LogP contribution in [0, 0.1) is 0 Å². The Bertz CT molecular complexity index is 1490. The van der Waals surface area contributed by atoms with Gasteiger partial charge in [0.15, 0.2) is 0 Å². The molecule has 5 rings (SSSR count). The number of halogens is 3. The van der Waals surface area contributed by atoms with Crippen molar-refractivity contribution < 1.29 is 37.2 Å². The lowest BCUT2D eigenvalue weighted by Gasteiger charge is -2.28. The van der Waals surface area contributed by atoms with E-state index in [0.29, 0.717) is 28.1 Å². The molecule has 1 fully saturated rings. The highest BCUT2D eigenvalue weighted by atomic mass is 32.2. The van der Waals surface area contributed by atoms with Crippen molar-refractivity contribution in [3.8, 4) is 0 Å². The van der Waals surface area contributed by atoms with Gasteiger partial charge < -0.3 is 26.0 Å². The van der Waals surface area contributed by atoms with Crippen molar-refractivity contribution in [1.29, 1.82) is 0 Å². The third-order valence-corrected chi connectivity index (χ3v) is 7.78. The molecule has 0 aromatic heterocycles. The molecule has 1 saturated heterocycles. The molecule has 0 atom stereocenters. The summed E-state index contributed by atoms with van der Waals surface area (Å²) in [6, 6.07) is 22.8. The number of carbonyl (C=O) groups excluding carboxylic acids is 2. The van der Waals surface area contributed by atoms with Gasteiger partial charge in [-0.15, -0.1) is 0 Å². The minimum Gasteiger partial charge on any atom is -0.616 e. The fourth-order valence-electron chi connectivity index (χ4n) is 4.39. The SMILES string of the molecule is NC(=O)c1ccc2c(c1)NC(=O)C2=C(Nc1ccc(CN2CC[S+]([O-])CC2)cc1)c1ccccc1.O=C(O)C(F)(F)F. The molecule has 2 aliphatic rings. The van der Waals surface area contributed by atoms with Gasteiger partial charge in [-0.05, 0) is 35.4 Å². The lowest BCUT2D eigenvalue weighted by molar-refractivity contribution is -0.192. The van der Waals surface area contributed by atoms with E-state index in [1.54, 1.807) is 18.2 Å². The zero-order chi connectivity index (χ0) is 30.4. The highest BCUT2D eigenvalue weighted by Crippen LogP contribution is 2.38. The number of hydrogen-bond acceptors (Lipinski definition) is 6. The molecule has 13 heteroatoms. The molecule has 0 saturated carbocycles. The van der Waals surface area contributed by atoms with Gasteiger partial charge in [-0.2, -0.15) is 13.2 Å². The fourth-order valence-corrected chi connectivity index (χ4v) is 5.52. The quantitative estimate of drug-likeness (QED) is 0.248. The van der Waals surface area contributed by atoms with E-state index in [0.717, 1.165) is 42.4 Å². The summed E-state index contributed by atoms with van der Waals surface area (Å²) in [6.45, 7) is 2.52. The highest BCUT2D eigenvalue weighted by molar-refractivity contribution is 7.91. The van der Waals surface area contributed by atoms with Crippen molar-refractivity contribution >= 4 is 51.6 Å². The molecule has 0 spiro atoms. The van der Waals surface area contributed by atoms with Crippen LogP contribution in [-0.4, -0.2) is 63.1 Å². The van der Waals surface area contributed by atoms with Crippen LogP contribution in [0.1, 0.15) is 27.0 Å². The van der Waals surface area contributed by atoms with Gasteiger partial charge in [0.2, 0.25) is 5.91 Å². The molecule has 9 nitrogen and oxygen atoms in total. The number of carboxylic acids is 1. The number of carbonyl (C=O) groups is 3. The Hall–Kier alpha value is -4.33. The van der Waals surface area contributed by atoms with Gasteiger partial charge in [-0.1, -0.05) is 59.7 Å². The number of amides is 2. The summed E-state index contributed by atoms with van der Waals surface area (Å²) in [4.78, 5) is 35.9. The summed E-state index contributed by atoms with van der Waals surface area (Å²) in [6.07, 6.45) is -5.08. The first-order valence-corrected chi connectivity index (χ1v) is 14.2. The second-order valence-electron chi connectivity index (χ2n) is 9.44. The summed E-state index contributed by atoms with van der Waals surface area (Å²) in [5.74, 6) is -2.07. The number of nitrogens with zero attached hydrogens (tertiary/aromatic N) is 1. The summed E-state index contributed by atoms with van der Waals surface area (Å²) >= 11 is -0.684. The largest absolute Gasteiger partial charge is 0.616 e. The molecular formula is C29H27F3N4O5S.